The summed E-state index contributed by atoms with van der Waals surface area (Å²) in [5.41, 5.74) is 1.97. The largest absolute Gasteiger partial charge is 0.508 e. The predicted molar refractivity (Wildman–Crippen MR) is 77.7 cm³/mol. The Bertz CT molecular complexity index is 790. The van der Waals surface area contributed by atoms with E-state index in [1.807, 2.05) is 6.07 Å². The Labute approximate surface area is 120 Å². The van der Waals surface area contributed by atoms with E-state index in [4.69, 9.17) is 9.84 Å². The van der Waals surface area contributed by atoms with Crippen LogP contribution in [-0.2, 0) is 6.61 Å². The van der Waals surface area contributed by atoms with Crippen LogP contribution < -0.4 is 4.74 Å². The van der Waals surface area contributed by atoms with Crippen molar-refractivity contribution >= 4 is 16.9 Å². The summed E-state index contributed by atoms with van der Waals surface area (Å²) < 4.78 is 5.60. The molecule has 0 aliphatic carbocycles. The number of phenolic OH excluding ortho intramolecular Hbond substituents is 1. The molecule has 1 heterocycles. The fourth-order valence-corrected chi connectivity index (χ4v) is 2.11. The molecule has 0 aliphatic heterocycles. The molecule has 0 bridgehead atoms. The zero-order valence-corrected chi connectivity index (χ0v) is 11.0. The number of benzene rings is 2. The van der Waals surface area contributed by atoms with Gasteiger partial charge in [0.1, 0.15) is 18.1 Å². The van der Waals surface area contributed by atoms with E-state index in [1.165, 1.54) is 0 Å². The van der Waals surface area contributed by atoms with Gasteiger partial charge in [0.2, 0.25) is 0 Å². The lowest BCUT2D eigenvalue weighted by molar-refractivity contribution is 0.0697. The molecule has 0 atom stereocenters. The van der Waals surface area contributed by atoms with Gasteiger partial charge in [-0.25, -0.2) is 4.79 Å². The van der Waals surface area contributed by atoms with Crippen LogP contribution in [0.4, 0.5) is 0 Å². The van der Waals surface area contributed by atoms with E-state index in [2.05, 4.69) is 4.98 Å². The van der Waals surface area contributed by atoms with Crippen molar-refractivity contribution in [2.24, 2.45) is 0 Å². The smallest absolute Gasteiger partial charge is 0.335 e. The van der Waals surface area contributed by atoms with Crippen LogP contribution in [0.2, 0.25) is 0 Å². The molecule has 3 rings (SSSR count). The molecular formula is C16H13NO4. The number of aromatic carboxylic acids is 1. The van der Waals surface area contributed by atoms with Crippen molar-refractivity contribution in [3.05, 3.63) is 59.8 Å². The summed E-state index contributed by atoms with van der Waals surface area (Å²) in [5, 5.41) is 19.0. The van der Waals surface area contributed by atoms with E-state index in [0.29, 0.717) is 12.4 Å². The van der Waals surface area contributed by atoms with Crippen molar-refractivity contribution in [3.63, 3.8) is 0 Å². The minimum absolute atomic E-state index is 0.189. The minimum atomic E-state index is -0.944. The van der Waals surface area contributed by atoms with Gasteiger partial charge in [0.15, 0.2) is 0 Å². The molecule has 0 aliphatic rings. The van der Waals surface area contributed by atoms with Crippen LogP contribution in [0.3, 0.4) is 0 Å². The van der Waals surface area contributed by atoms with Gasteiger partial charge in [0.25, 0.3) is 0 Å². The highest BCUT2D eigenvalue weighted by molar-refractivity contribution is 5.93. The number of aromatic nitrogens is 1. The number of carboxylic acids is 1. The summed E-state index contributed by atoms with van der Waals surface area (Å²) in [6.07, 6.45) is 0. The Morgan fingerprint density at radius 3 is 2.57 bits per heavy atom. The van der Waals surface area contributed by atoms with E-state index >= 15 is 0 Å². The third-order valence-electron chi connectivity index (χ3n) is 3.15. The molecule has 3 aromatic rings. The first kappa shape index (κ1) is 13.1. The summed E-state index contributed by atoms with van der Waals surface area (Å²) >= 11 is 0. The van der Waals surface area contributed by atoms with E-state index in [1.54, 1.807) is 42.5 Å². The van der Waals surface area contributed by atoms with Gasteiger partial charge in [-0.15, -0.1) is 0 Å². The van der Waals surface area contributed by atoms with E-state index in [9.17, 15) is 9.90 Å². The number of ether oxygens (including phenoxy) is 1. The number of nitrogens with one attached hydrogen (secondary N) is 1. The molecule has 106 valence electrons. The number of fused-ring (bicyclic) bond motifs is 1. The van der Waals surface area contributed by atoms with E-state index in [-0.39, 0.29) is 11.3 Å². The molecule has 0 saturated carbocycles. The third-order valence-corrected chi connectivity index (χ3v) is 3.15. The fourth-order valence-electron chi connectivity index (χ4n) is 2.11. The van der Waals surface area contributed by atoms with Gasteiger partial charge in [0, 0.05) is 10.9 Å². The highest BCUT2D eigenvalue weighted by Crippen LogP contribution is 2.20. The van der Waals surface area contributed by atoms with Gasteiger partial charge in [0.05, 0.1) is 11.3 Å². The van der Waals surface area contributed by atoms with Crippen molar-refractivity contribution in [1.29, 1.82) is 0 Å². The molecule has 0 unspecified atom stereocenters. The van der Waals surface area contributed by atoms with Crippen LogP contribution >= 0.6 is 0 Å². The zero-order valence-electron chi connectivity index (χ0n) is 11.0. The van der Waals surface area contributed by atoms with Gasteiger partial charge in [-0.3, -0.25) is 0 Å². The standard InChI is InChI=1S/C16H13NO4/c18-13-2-4-14(5-3-13)21-9-12-8-11-7-10(16(19)20)1-6-15(11)17-12/h1-8,17-18H,9H2,(H,19,20). The van der Waals surface area contributed by atoms with Gasteiger partial charge < -0.3 is 19.9 Å². The number of aromatic hydroxyl groups is 1. The molecule has 0 saturated heterocycles. The third kappa shape index (κ3) is 2.81. The Balaban J connectivity index is 1.78. The fraction of sp³-hybridized carbons (Fsp3) is 0.0625. The number of carbonyl (C=O) groups is 1. The Morgan fingerprint density at radius 2 is 1.86 bits per heavy atom. The topological polar surface area (TPSA) is 82.5 Å². The maximum absolute atomic E-state index is 10.9. The average molecular weight is 283 g/mol. The van der Waals surface area contributed by atoms with Crippen LogP contribution in [0, 0.1) is 0 Å². The van der Waals surface area contributed by atoms with Gasteiger partial charge in [-0.2, -0.15) is 0 Å². The first-order valence-electron chi connectivity index (χ1n) is 6.38. The number of rotatable bonds is 4. The van der Waals surface area contributed by atoms with Crippen LogP contribution in [0.15, 0.2) is 48.5 Å². The van der Waals surface area contributed by atoms with Crippen LogP contribution in [0.5, 0.6) is 11.5 Å². The van der Waals surface area contributed by atoms with Crippen molar-refractivity contribution < 1.29 is 19.7 Å². The Hall–Kier alpha value is -2.95. The zero-order chi connectivity index (χ0) is 14.8. The highest BCUT2D eigenvalue weighted by Gasteiger charge is 2.06. The Kier molecular flexibility index (Phi) is 3.23. The molecule has 21 heavy (non-hydrogen) atoms. The highest BCUT2D eigenvalue weighted by atomic mass is 16.5. The van der Waals surface area contributed by atoms with Crippen molar-refractivity contribution in [2.75, 3.05) is 0 Å². The lowest BCUT2D eigenvalue weighted by atomic mass is 10.1. The number of hydrogen-bond acceptors (Lipinski definition) is 3. The molecule has 0 radical (unpaired) electrons. The molecule has 5 nitrogen and oxygen atoms in total. The molecule has 0 spiro atoms. The lowest BCUT2D eigenvalue weighted by Gasteiger charge is -2.04. The van der Waals surface area contributed by atoms with Crippen LogP contribution in [-0.4, -0.2) is 21.2 Å². The number of H-pyrrole nitrogens is 1. The second-order valence-corrected chi connectivity index (χ2v) is 4.68. The van der Waals surface area contributed by atoms with Gasteiger partial charge >= 0.3 is 5.97 Å². The van der Waals surface area contributed by atoms with E-state index < -0.39 is 5.97 Å². The first-order chi connectivity index (χ1) is 10.1. The maximum atomic E-state index is 10.9. The van der Waals surface area contributed by atoms with Crippen molar-refractivity contribution in [1.82, 2.24) is 4.98 Å². The maximum Gasteiger partial charge on any atom is 0.335 e. The SMILES string of the molecule is O=C(O)c1ccc2[nH]c(COc3ccc(O)cc3)cc2c1. The van der Waals surface area contributed by atoms with Crippen LogP contribution in [0.1, 0.15) is 16.1 Å². The number of aromatic amines is 1. The molecular weight excluding hydrogens is 270 g/mol. The molecule has 5 heteroatoms. The van der Waals surface area contributed by atoms with Crippen molar-refractivity contribution in [2.45, 2.75) is 6.61 Å². The number of phenols is 1. The summed E-state index contributed by atoms with van der Waals surface area (Å²) in [7, 11) is 0. The molecule has 0 amide bonds. The van der Waals surface area contributed by atoms with E-state index in [0.717, 1.165) is 16.6 Å². The molecule has 1 aromatic heterocycles. The molecule has 0 fully saturated rings. The summed E-state index contributed by atoms with van der Waals surface area (Å²) in [6, 6.07) is 13.3. The number of carboxylic acid groups (broad SMARTS) is 1. The quantitative estimate of drug-likeness (QED) is 0.687. The summed E-state index contributed by atoms with van der Waals surface area (Å²) in [6.45, 7) is 0.335. The second-order valence-electron chi connectivity index (χ2n) is 4.68. The lowest BCUT2D eigenvalue weighted by Crippen LogP contribution is -1.94. The molecule has 3 N–H and O–H groups in total. The van der Waals surface area contributed by atoms with Gasteiger partial charge in [-0.05, 0) is 48.5 Å². The monoisotopic (exact) mass is 283 g/mol. The number of hydrogen-bond donors (Lipinski definition) is 3. The van der Waals surface area contributed by atoms with Crippen molar-refractivity contribution in [3.8, 4) is 11.5 Å². The normalized spacial score (nSPS) is 10.7. The predicted octanol–water partition coefficient (Wildman–Crippen LogP) is 3.15. The van der Waals surface area contributed by atoms with Gasteiger partial charge in [-0.1, -0.05) is 0 Å². The second kappa shape index (κ2) is 5.20. The first-order valence-corrected chi connectivity index (χ1v) is 6.38. The summed E-state index contributed by atoms with van der Waals surface area (Å²) in [5.74, 6) is -0.105. The Morgan fingerprint density at radius 1 is 1.10 bits per heavy atom. The summed E-state index contributed by atoms with van der Waals surface area (Å²) in [4.78, 5) is 14.1. The average Bonchev–Trinajstić information content (AvgIpc) is 2.88. The van der Waals surface area contributed by atoms with Crippen LogP contribution in [0.25, 0.3) is 10.9 Å². The molecule has 2 aromatic carbocycles. The minimum Gasteiger partial charge on any atom is -0.508 e.